The second-order valence-electron chi connectivity index (χ2n) is 7.81. The maximum absolute atomic E-state index is 12.6. The zero-order chi connectivity index (χ0) is 25.3. The van der Waals surface area contributed by atoms with Gasteiger partial charge in [-0.2, -0.15) is 0 Å². The van der Waals surface area contributed by atoms with E-state index in [1.54, 1.807) is 13.0 Å². The Kier molecular flexibility index (Phi) is 7.83. The fraction of sp³-hybridized carbons (Fsp3) is 0.103. The van der Waals surface area contributed by atoms with E-state index in [4.69, 9.17) is 18.9 Å². The minimum absolute atomic E-state index is 0.0196. The molecule has 0 saturated heterocycles. The number of carbonyl (C=O) groups excluding carboxylic acids is 2. The Morgan fingerprint density at radius 3 is 2.00 bits per heavy atom. The van der Waals surface area contributed by atoms with Crippen LogP contribution < -0.4 is 19.5 Å². The molecule has 0 radical (unpaired) electrons. The monoisotopic (exact) mass is 483 g/mol. The Hall–Kier alpha value is -4.78. The molecule has 0 atom stereocenters. The van der Waals surface area contributed by atoms with Crippen molar-refractivity contribution < 1.29 is 28.5 Å². The molecule has 0 unspecified atom stereocenters. The van der Waals surface area contributed by atoms with Gasteiger partial charge in [-0.05, 0) is 31.2 Å². The van der Waals surface area contributed by atoms with E-state index < -0.39 is 12.1 Å². The number of rotatable bonds is 9. The van der Waals surface area contributed by atoms with Gasteiger partial charge in [0.2, 0.25) is 0 Å². The molecule has 0 aliphatic carbocycles. The highest BCUT2D eigenvalue weighted by Gasteiger charge is 2.19. The van der Waals surface area contributed by atoms with E-state index in [-0.39, 0.29) is 24.5 Å². The lowest BCUT2D eigenvalue weighted by Gasteiger charge is -2.17. The Balaban J connectivity index is 1.64. The van der Waals surface area contributed by atoms with Crippen LogP contribution in [0.2, 0.25) is 0 Å². The molecule has 1 N–H and O–H groups in total. The Morgan fingerprint density at radius 1 is 0.778 bits per heavy atom. The summed E-state index contributed by atoms with van der Waals surface area (Å²) in [6.45, 7) is 5.11. The number of nitrogens with one attached hydrogen (secondary N) is 1. The third kappa shape index (κ3) is 6.21. The van der Waals surface area contributed by atoms with E-state index in [9.17, 15) is 9.59 Å². The summed E-state index contributed by atoms with van der Waals surface area (Å²) in [7, 11) is 0. The quantitative estimate of drug-likeness (QED) is 0.163. The van der Waals surface area contributed by atoms with Gasteiger partial charge in [0.1, 0.15) is 23.9 Å². The van der Waals surface area contributed by atoms with Crippen molar-refractivity contribution in [1.82, 2.24) is 5.32 Å². The van der Waals surface area contributed by atoms with Gasteiger partial charge in [-0.3, -0.25) is 0 Å². The molecule has 7 nitrogen and oxygen atoms in total. The summed E-state index contributed by atoms with van der Waals surface area (Å²) in [6.07, 6.45) is -0.736. The van der Waals surface area contributed by atoms with Crippen LogP contribution in [-0.2, 0) is 9.53 Å². The van der Waals surface area contributed by atoms with Crippen molar-refractivity contribution in [2.75, 3.05) is 13.2 Å². The molecule has 182 valence electrons. The fourth-order valence-electron chi connectivity index (χ4n) is 3.33. The molecule has 0 aromatic heterocycles. The third-order valence-electron chi connectivity index (χ3n) is 5.01. The van der Waals surface area contributed by atoms with Crippen molar-refractivity contribution in [2.24, 2.45) is 0 Å². The standard InChI is InChI=1S/C29H25NO6/c1-20(2)28(31)33-18-17-30-29(32)36-26-19-25(34-21-11-5-3-6-12-21)23-15-9-10-16-24(23)27(26)35-22-13-7-4-8-14-22/h3-16,19H,1,17-18H2,2H3,(H,30,32). The van der Waals surface area contributed by atoms with Crippen molar-refractivity contribution in [2.45, 2.75) is 6.92 Å². The average molecular weight is 484 g/mol. The number of fused-ring (bicyclic) bond motifs is 1. The topological polar surface area (TPSA) is 83.1 Å². The Morgan fingerprint density at radius 2 is 1.36 bits per heavy atom. The van der Waals surface area contributed by atoms with Gasteiger partial charge in [0.15, 0.2) is 11.5 Å². The molecule has 0 spiro atoms. The summed E-state index contributed by atoms with van der Waals surface area (Å²) in [5.74, 6) is 1.71. The number of para-hydroxylation sites is 2. The van der Waals surface area contributed by atoms with E-state index in [2.05, 4.69) is 11.9 Å². The van der Waals surface area contributed by atoms with Crippen LogP contribution in [0.3, 0.4) is 0 Å². The lowest BCUT2D eigenvalue weighted by Crippen LogP contribution is -2.30. The number of hydrogen-bond donors (Lipinski definition) is 1. The molecule has 36 heavy (non-hydrogen) atoms. The molecule has 0 heterocycles. The van der Waals surface area contributed by atoms with Crippen molar-refractivity contribution in [3.05, 3.63) is 103 Å². The molecule has 4 rings (SSSR count). The van der Waals surface area contributed by atoms with Gasteiger partial charge in [0.05, 0.1) is 6.54 Å². The number of amides is 1. The third-order valence-corrected chi connectivity index (χ3v) is 5.01. The van der Waals surface area contributed by atoms with Crippen molar-refractivity contribution in [3.63, 3.8) is 0 Å². The molecule has 7 heteroatoms. The number of benzene rings is 4. The molecule has 4 aromatic carbocycles. The van der Waals surface area contributed by atoms with E-state index in [1.807, 2.05) is 84.9 Å². The van der Waals surface area contributed by atoms with Crippen LogP contribution in [0, 0.1) is 0 Å². The van der Waals surface area contributed by atoms with Crippen LogP contribution in [0.25, 0.3) is 10.8 Å². The van der Waals surface area contributed by atoms with Crippen molar-refractivity contribution in [1.29, 1.82) is 0 Å². The largest absolute Gasteiger partial charge is 0.460 e. The van der Waals surface area contributed by atoms with E-state index >= 15 is 0 Å². The van der Waals surface area contributed by atoms with Crippen LogP contribution in [-0.4, -0.2) is 25.2 Å². The summed E-state index contributed by atoms with van der Waals surface area (Å²) in [5, 5.41) is 4.06. The van der Waals surface area contributed by atoms with Crippen LogP contribution in [0.5, 0.6) is 28.7 Å². The molecular weight excluding hydrogens is 458 g/mol. The second-order valence-corrected chi connectivity index (χ2v) is 7.81. The van der Waals surface area contributed by atoms with E-state index in [0.717, 1.165) is 5.39 Å². The minimum Gasteiger partial charge on any atom is -0.460 e. The molecule has 1 amide bonds. The van der Waals surface area contributed by atoms with E-state index in [0.29, 0.717) is 28.4 Å². The molecule has 0 aliphatic rings. The van der Waals surface area contributed by atoms with Gasteiger partial charge in [0.25, 0.3) is 0 Å². The summed E-state index contributed by atoms with van der Waals surface area (Å²) in [6, 6.07) is 27.7. The number of ether oxygens (including phenoxy) is 4. The summed E-state index contributed by atoms with van der Waals surface area (Å²) in [5.41, 5.74) is 0.280. The predicted molar refractivity (Wildman–Crippen MR) is 137 cm³/mol. The molecule has 0 bridgehead atoms. The van der Waals surface area contributed by atoms with Gasteiger partial charge in [-0.25, -0.2) is 9.59 Å². The van der Waals surface area contributed by atoms with Gasteiger partial charge < -0.3 is 24.3 Å². The summed E-state index contributed by atoms with van der Waals surface area (Å²) >= 11 is 0. The SMILES string of the molecule is C=C(C)C(=O)OCCNC(=O)Oc1cc(Oc2ccccc2)c2ccccc2c1Oc1ccccc1. The number of carbonyl (C=O) groups is 2. The molecular formula is C29H25NO6. The zero-order valence-electron chi connectivity index (χ0n) is 19.7. The van der Waals surface area contributed by atoms with Gasteiger partial charge in [0, 0.05) is 22.4 Å². The Bertz CT molecular complexity index is 1370. The van der Waals surface area contributed by atoms with Gasteiger partial charge >= 0.3 is 12.1 Å². The van der Waals surface area contributed by atoms with Gasteiger partial charge in [-0.15, -0.1) is 0 Å². The second kappa shape index (κ2) is 11.6. The normalized spacial score (nSPS) is 10.4. The first-order valence-corrected chi connectivity index (χ1v) is 11.3. The van der Waals surface area contributed by atoms with Crippen molar-refractivity contribution >= 4 is 22.8 Å². The van der Waals surface area contributed by atoms with Gasteiger partial charge in [-0.1, -0.05) is 67.2 Å². The lowest BCUT2D eigenvalue weighted by atomic mass is 10.1. The fourth-order valence-corrected chi connectivity index (χ4v) is 3.33. The summed E-state index contributed by atoms with van der Waals surface area (Å²) in [4.78, 5) is 24.1. The van der Waals surface area contributed by atoms with E-state index in [1.165, 1.54) is 0 Å². The first-order chi connectivity index (χ1) is 17.5. The number of esters is 1. The Labute approximate surface area is 208 Å². The predicted octanol–water partition coefficient (Wildman–Crippen LogP) is 6.63. The summed E-state index contributed by atoms with van der Waals surface area (Å²) < 4.78 is 22.9. The molecule has 4 aromatic rings. The van der Waals surface area contributed by atoms with Crippen LogP contribution >= 0.6 is 0 Å². The molecule has 0 fully saturated rings. The maximum atomic E-state index is 12.6. The smallest absolute Gasteiger partial charge is 0.412 e. The highest BCUT2D eigenvalue weighted by Crippen LogP contribution is 2.44. The number of hydrogen-bond acceptors (Lipinski definition) is 6. The average Bonchev–Trinajstić information content (AvgIpc) is 2.89. The highest BCUT2D eigenvalue weighted by atomic mass is 16.6. The highest BCUT2D eigenvalue weighted by molar-refractivity contribution is 5.96. The van der Waals surface area contributed by atoms with Crippen molar-refractivity contribution in [3.8, 4) is 28.7 Å². The molecule has 0 saturated carbocycles. The minimum atomic E-state index is -0.736. The first-order valence-electron chi connectivity index (χ1n) is 11.3. The lowest BCUT2D eigenvalue weighted by molar-refractivity contribution is -0.138. The van der Waals surface area contributed by atoms with Crippen LogP contribution in [0.4, 0.5) is 4.79 Å². The van der Waals surface area contributed by atoms with Crippen LogP contribution in [0.15, 0.2) is 103 Å². The maximum Gasteiger partial charge on any atom is 0.412 e. The zero-order valence-corrected chi connectivity index (χ0v) is 19.7. The van der Waals surface area contributed by atoms with Crippen LogP contribution in [0.1, 0.15) is 6.92 Å². The first kappa shape index (κ1) is 24.3. The molecule has 0 aliphatic heterocycles.